The molecule has 1 N–H and O–H groups in total. The highest BCUT2D eigenvalue weighted by Crippen LogP contribution is 2.43. The average molecular weight is 418 g/mol. The van der Waals surface area contributed by atoms with E-state index in [1.165, 1.54) is 13.4 Å². The van der Waals surface area contributed by atoms with Gasteiger partial charge in [-0.3, -0.25) is 4.79 Å². The van der Waals surface area contributed by atoms with E-state index in [2.05, 4.69) is 0 Å². The van der Waals surface area contributed by atoms with Crippen molar-refractivity contribution in [3.8, 4) is 11.5 Å². The number of methoxy groups -OCH3 is 1. The highest BCUT2D eigenvalue weighted by molar-refractivity contribution is 5.98. The van der Waals surface area contributed by atoms with Gasteiger partial charge >= 0.3 is 17.9 Å². The minimum Gasteiger partial charge on any atom is -0.496 e. The van der Waals surface area contributed by atoms with Crippen LogP contribution in [0.3, 0.4) is 0 Å². The number of ether oxygens (including phenoxy) is 4. The van der Waals surface area contributed by atoms with Crippen LogP contribution in [0.1, 0.15) is 53.7 Å². The minimum absolute atomic E-state index is 0.0284. The highest BCUT2D eigenvalue weighted by Gasteiger charge is 2.33. The van der Waals surface area contributed by atoms with Crippen LogP contribution >= 0.6 is 0 Å². The van der Waals surface area contributed by atoms with Crippen LogP contribution in [0.2, 0.25) is 0 Å². The molecule has 1 aliphatic heterocycles. The van der Waals surface area contributed by atoms with Crippen LogP contribution in [0, 0.1) is 6.92 Å². The molecule has 0 saturated carbocycles. The zero-order valence-corrected chi connectivity index (χ0v) is 17.6. The molecule has 0 saturated heterocycles. The van der Waals surface area contributed by atoms with Crippen LogP contribution < -0.4 is 9.47 Å². The topological polar surface area (TPSA) is 108 Å². The highest BCUT2D eigenvalue weighted by atomic mass is 16.5. The van der Waals surface area contributed by atoms with E-state index in [1.54, 1.807) is 6.92 Å². The molecule has 0 fully saturated rings. The lowest BCUT2D eigenvalue weighted by Gasteiger charge is -2.18. The minimum atomic E-state index is -0.871. The van der Waals surface area contributed by atoms with E-state index < -0.39 is 17.9 Å². The first-order chi connectivity index (χ1) is 14.3. The van der Waals surface area contributed by atoms with Crippen molar-refractivity contribution in [3.63, 3.8) is 0 Å². The molecule has 0 atom stereocenters. The van der Waals surface area contributed by atoms with Gasteiger partial charge in [-0.05, 0) is 39.2 Å². The predicted molar refractivity (Wildman–Crippen MR) is 108 cm³/mol. The van der Waals surface area contributed by atoms with E-state index in [0.29, 0.717) is 35.3 Å². The quantitative estimate of drug-likeness (QED) is 0.266. The van der Waals surface area contributed by atoms with Gasteiger partial charge in [-0.15, -0.1) is 0 Å². The summed E-state index contributed by atoms with van der Waals surface area (Å²) in [7, 11) is 1.52. The Kier molecular flexibility index (Phi) is 8.03. The molecule has 8 heteroatoms. The molecule has 0 unspecified atom stereocenters. The number of carboxylic acids is 1. The number of allylic oxidation sites excluding steroid dienone is 2. The fraction of sp³-hybridized carbons (Fsp3) is 0.409. The van der Waals surface area contributed by atoms with E-state index in [0.717, 1.165) is 17.2 Å². The lowest BCUT2D eigenvalue weighted by Crippen LogP contribution is -2.07. The maximum Gasteiger partial charge on any atom is 0.342 e. The van der Waals surface area contributed by atoms with E-state index in [9.17, 15) is 14.4 Å². The second-order valence-corrected chi connectivity index (χ2v) is 6.72. The lowest BCUT2D eigenvalue weighted by molar-refractivity contribution is -0.138. The van der Waals surface area contributed by atoms with Gasteiger partial charge in [-0.2, -0.15) is 0 Å². The molecular formula is C22H26O8. The van der Waals surface area contributed by atoms with Gasteiger partial charge in [-0.1, -0.05) is 11.6 Å². The van der Waals surface area contributed by atoms with Gasteiger partial charge in [0, 0.05) is 17.5 Å². The molecule has 2 rings (SSSR count). The number of esters is 2. The van der Waals surface area contributed by atoms with Crippen LogP contribution in [-0.2, 0) is 32.1 Å². The van der Waals surface area contributed by atoms with Crippen molar-refractivity contribution in [3.05, 3.63) is 46.2 Å². The van der Waals surface area contributed by atoms with Crippen molar-refractivity contribution in [1.29, 1.82) is 0 Å². The number of rotatable bonds is 10. The maximum atomic E-state index is 12.4. The number of benzene rings is 1. The van der Waals surface area contributed by atoms with Crippen molar-refractivity contribution in [1.82, 2.24) is 0 Å². The van der Waals surface area contributed by atoms with Crippen molar-refractivity contribution < 1.29 is 38.4 Å². The number of aliphatic carboxylic acids is 1. The fourth-order valence-electron chi connectivity index (χ4n) is 3.17. The summed E-state index contributed by atoms with van der Waals surface area (Å²) in [6.45, 7) is 5.71. The summed E-state index contributed by atoms with van der Waals surface area (Å²) < 4.78 is 21.3. The van der Waals surface area contributed by atoms with Crippen LogP contribution in [0.15, 0.2) is 24.0 Å². The smallest absolute Gasteiger partial charge is 0.342 e. The fourth-order valence-corrected chi connectivity index (χ4v) is 3.17. The summed E-state index contributed by atoms with van der Waals surface area (Å²) in [5.41, 5.74) is 3.23. The number of fused-ring (bicyclic) bond motifs is 1. The molecule has 30 heavy (non-hydrogen) atoms. The largest absolute Gasteiger partial charge is 0.496 e. The molecule has 8 nitrogen and oxygen atoms in total. The van der Waals surface area contributed by atoms with Gasteiger partial charge in [0.25, 0.3) is 0 Å². The molecule has 1 aliphatic rings. The molecule has 162 valence electrons. The van der Waals surface area contributed by atoms with Crippen LogP contribution in [-0.4, -0.2) is 36.7 Å². The Morgan fingerprint density at radius 2 is 1.97 bits per heavy atom. The Morgan fingerprint density at radius 1 is 1.23 bits per heavy atom. The van der Waals surface area contributed by atoms with Crippen LogP contribution in [0.25, 0.3) is 0 Å². The first kappa shape index (κ1) is 23.0. The zero-order chi connectivity index (χ0) is 22.3. The third-order valence-electron chi connectivity index (χ3n) is 4.69. The Labute approximate surface area is 175 Å². The summed E-state index contributed by atoms with van der Waals surface area (Å²) in [6.07, 6.45) is 4.94. The van der Waals surface area contributed by atoms with E-state index in [4.69, 9.17) is 24.1 Å². The third kappa shape index (κ3) is 5.40. The molecule has 1 aromatic carbocycles. The van der Waals surface area contributed by atoms with Crippen molar-refractivity contribution in [2.75, 3.05) is 13.7 Å². The average Bonchev–Trinajstić information content (AvgIpc) is 3.08. The number of cyclic esters (lactones) is 1. The summed E-state index contributed by atoms with van der Waals surface area (Å²) in [4.78, 5) is 34.7. The summed E-state index contributed by atoms with van der Waals surface area (Å²) in [6, 6.07) is 0. The van der Waals surface area contributed by atoms with Crippen LogP contribution in [0.4, 0.5) is 0 Å². The van der Waals surface area contributed by atoms with Crippen molar-refractivity contribution in [2.45, 2.75) is 46.6 Å². The van der Waals surface area contributed by atoms with Gasteiger partial charge in [0.15, 0.2) is 0 Å². The van der Waals surface area contributed by atoms with Crippen LogP contribution in [0.5, 0.6) is 11.5 Å². The summed E-state index contributed by atoms with van der Waals surface area (Å²) in [5, 5.41) is 8.86. The zero-order valence-electron chi connectivity index (χ0n) is 17.6. The Morgan fingerprint density at radius 3 is 2.60 bits per heavy atom. The third-order valence-corrected chi connectivity index (χ3v) is 4.69. The van der Waals surface area contributed by atoms with Gasteiger partial charge in [0.1, 0.15) is 23.7 Å². The Hall–Kier alpha value is -3.29. The monoisotopic (exact) mass is 418 g/mol. The van der Waals surface area contributed by atoms with Gasteiger partial charge in [0.05, 0.1) is 26.1 Å². The van der Waals surface area contributed by atoms with E-state index in [1.807, 2.05) is 19.9 Å². The number of carbonyl (C=O) groups excluding carboxylic acids is 2. The predicted octanol–water partition coefficient (Wildman–Crippen LogP) is 3.48. The molecule has 0 aromatic heterocycles. The van der Waals surface area contributed by atoms with Gasteiger partial charge in [-0.25, -0.2) is 9.59 Å². The summed E-state index contributed by atoms with van der Waals surface area (Å²) >= 11 is 0. The number of hydrogen-bond donors (Lipinski definition) is 1. The first-order valence-electron chi connectivity index (χ1n) is 9.56. The molecule has 1 aromatic rings. The molecule has 0 bridgehead atoms. The van der Waals surface area contributed by atoms with E-state index >= 15 is 0 Å². The van der Waals surface area contributed by atoms with Crippen molar-refractivity contribution >= 4 is 17.9 Å². The second-order valence-electron chi connectivity index (χ2n) is 6.72. The molecule has 1 heterocycles. The molecule has 0 aliphatic carbocycles. The lowest BCUT2D eigenvalue weighted by atomic mass is 9.94. The molecular weight excluding hydrogens is 392 g/mol. The van der Waals surface area contributed by atoms with Gasteiger partial charge < -0.3 is 24.1 Å². The number of carbonyl (C=O) groups is 3. The molecule has 0 amide bonds. The summed E-state index contributed by atoms with van der Waals surface area (Å²) in [5.74, 6) is -1.15. The molecule has 0 spiro atoms. The Balaban J connectivity index is 2.47. The number of carboxylic acid groups (broad SMARTS) is 1. The van der Waals surface area contributed by atoms with Crippen molar-refractivity contribution in [2.24, 2.45) is 0 Å². The SMILES string of the molecule is CCOC(=O)/C=C/Oc1c(C/C=C(\C)CCC(=O)O)c(OC)c(C)c2c1C(=O)OC2. The van der Waals surface area contributed by atoms with E-state index in [-0.39, 0.29) is 25.4 Å². The normalized spacial score (nSPS) is 13.2. The maximum absolute atomic E-state index is 12.4. The standard InChI is InChI=1S/C22H26O8/c1-5-28-18(25)10-11-29-21-15(8-6-13(2)7-9-17(23)24)20(27-4)14(3)16-12-30-22(26)19(16)21/h6,10-11H,5,7-9,12H2,1-4H3,(H,23,24)/b11-10+,13-6+. The second kappa shape index (κ2) is 10.5. The number of hydrogen-bond acceptors (Lipinski definition) is 7. The molecule has 0 radical (unpaired) electrons. The first-order valence-corrected chi connectivity index (χ1v) is 9.56. The Bertz CT molecular complexity index is 895. The van der Waals surface area contributed by atoms with Gasteiger partial charge in [0.2, 0.25) is 0 Å².